The maximum atomic E-state index is 13.4. The van der Waals surface area contributed by atoms with Gasteiger partial charge in [-0.2, -0.15) is 0 Å². The fourth-order valence-corrected chi connectivity index (χ4v) is 4.00. The summed E-state index contributed by atoms with van der Waals surface area (Å²) >= 11 is 6.85. The van der Waals surface area contributed by atoms with Gasteiger partial charge in [0.1, 0.15) is 0 Å². The van der Waals surface area contributed by atoms with Crippen LogP contribution in [0.5, 0.6) is 0 Å². The van der Waals surface area contributed by atoms with E-state index in [0.717, 1.165) is 25.6 Å². The van der Waals surface area contributed by atoms with Crippen molar-refractivity contribution < 1.29 is 9.59 Å². The van der Waals surface area contributed by atoms with Crippen LogP contribution in [0.25, 0.3) is 12.2 Å². The van der Waals surface area contributed by atoms with Gasteiger partial charge in [-0.3, -0.25) is 4.79 Å². The minimum atomic E-state index is -0.563. The van der Waals surface area contributed by atoms with Gasteiger partial charge in [-0.05, 0) is 53.1 Å². The summed E-state index contributed by atoms with van der Waals surface area (Å²) in [5.41, 5.74) is 3.64. The highest BCUT2D eigenvalue weighted by atomic mass is 79.9. The molecule has 0 spiro atoms. The standard InChI is InChI=1S/C27H20Br2N2O2/c28-21-12-6-18(7-13-21)10-16-23-25(24(32)17-11-19-8-14-22(29)15-9-19)26(31-27(33)30-23)20-4-2-1-3-5-20/h1-17,26H,(H2,30,31,33)/b16-10+,17-11+/t26-/m0/s1. The van der Waals surface area contributed by atoms with Gasteiger partial charge >= 0.3 is 6.03 Å². The van der Waals surface area contributed by atoms with Crippen LogP contribution in [0.4, 0.5) is 4.79 Å². The number of carbonyl (C=O) groups excluding carboxylic acids is 2. The monoisotopic (exact) mass is 562 g/mol. The highest BCUT2D eigenvalue weighted by molar-refractivity contribution is 9.10. The van der Waals surface area contributed by atoms with Crippen molar-refractivity contribution in [1.82, 2.24) is 10.6 Å². The molecule has 1 aliphatic heterocycles. The lowest BCUT2D eigenvalue weighted by molar-refractivity contribution is -0.111. The molecule has 0 saturated heterocycles. The summed E-state index contributed by atoms with van der Waals surface area (Å²) in [7, 11) is 0. The number of urea groups is 1. The molecule has 0 bridgehead atoms. The molecular weight excluding hydrogens is 544 g/mol. The van der Waals surface area contributed by atoms with Crippen LogP contribution < -0.4 is 10.6 Å². The van der Waals surface area contributed by atoms with E-state index in [1.807, 2.05) is 84.9 Å². The van der Waals surface area contributed by atoms with Gasteiger partial charge in [0.2, 0.25) is 0 Å². The van der Waals surface area contributed by atoms with Gasteiger partial charge in [0.15, 0.2) is 5.78 Å². The van der Waals surface area contributed by atoms with Crippen LogP contribution in [0.3, 0.4) is 0 Å². The first-order valence-electron chi connectivity index (χ1n) is 10.3. The van der Waals surface area contributed by atoms with E-state index in [9.17, 15) is 9.59 Å². The van der Waals surface area contributed by atoms with E-state index in [0.29, 0.717) is 11.3 Å². The first kappa shape index (κ1) is 23.0. The number of nitrogens with one attached hydrogen (secondary N) is 2. The van der Waals surface area contributed by atoms with Gasteiger partial charge in [0.25, 0.3) is 0 Å². The molecule has 1 heterocycles. The van der Waals surface area contributed by atoms with E-state index in [2.05, 4.69) is 42.5 Å². The van der Waals surface area contributed by atoms with Crippen molar-refractivity contribution in [3.05, 3.63) is 128 Å². The van der Waals surface area contributed by atoms with E-state index < -0.39 is 6.04 Å². The fourth-order valence-electron chi connectivity index (χ4n) is 3.48. The molecule has 33 heavy (non-hydrogen) atoms. The minimum absolute atomic E-state index is 0.185. The summed E-state index contributed by atoms with van der Waals surface area (Å²) in [5.74, 6) is -0.185. The first-order chi connectivity index (χ1) is 16.0. The smallest absolute Gasteiger partial charge is 0.320 e. The van der Waals surface area contributed by atoms with Crippen molar-refractivity contribution in [1.29, 1.82) is 0 Å². The highest BCUT2D eigenvalue weighted by Gasteiger charge is 2.30. The Labute approximate surface area is 209 Å². The number of amides is 2. The van der Waals surface area contributed by atoms with Crippen molar-refractivity contribution in [3.63, 3.8) is 0 Å². The molecule has 2 N–H and O–H groups in total. The van der Waals surface area contributed by atoms with Crippen LogP contribution >= 0.6 is 31.9 Å². The third-order valence-electron chi connectivity index (χ3n) is 5.11. The molecule has 2 amide bonds. The second kappa shape index (κ2) is 10.6. The van der Waals surface area contributed by atoms with E-state index in [-0.39, 0.29) is 11.8 Å². The van der Waals surface area contributed by atoms with Gasteiger partial charge in [-0.15, -0.1) is 0 Å². The molecule has 0 aromatic heterocycles. The number of carbonyl (C=O) groups is 2. The number of hydrogen-bond donors (Lipinski definition) is 2. The Balaban J connectivity index is 1.74. The Kier molecular flexibility index (Phi) is 7.37. The number of halogens is 2. The molecule has 1 atom stereocenters. The number of ketones is 1. The SMILES string of the molecule is O=C1NC(/C=C/c2ccc(Br)cc2)=C(C(=O)/C=C/c2ccc(Br)cc2)[C@H](c2ccccc2)N1. The van der Waals surface area contributed by atoms with Crippen molar-refractivity contribution in [2.45, 2.75) is 6.04 Å². The van der Waals surface area contributed by atoms with Crippen LogP contribution in [0.1, 0.15) is 22.7 Å². The lowest BCUT2D eigenvalue weighted by Crippen LogP contribution is -2.45. The molecule has 0 aliphatic carbocycles. The summed E-state index contributed by atoms with van der Waals surface area (Å²) in [6.45, 7) is 0. The summed E-state index contributed by atoms with van der Waals surface area (Å²) in [6.07, 6.45) is 6.97. The average Bonchev–Trinajstić information content (AvgIpc) is 2.83. The quantitative estimate of drug-likeness (QED) is 0.323. The van der Waals surface area contributed by atoms with Crippen LogP contribution in [0, 0.1) is 0 Å². The van der Waals surface area contributed by atoms with Crippen molar-refractivity contribution >= 4 is 55.8 Å². The van der Waals surface area contributed by atoms with E-state index in [1.165, 1.54) is 0 Å². The third kappa shape index (κ3) is 5.97. The van der Waals surface area contributed by atoms with Gasteiger partial charge in [-0.1, -0.05) is 98.6 Å². The molecule has 6 heteroatoms. The number of rotatable bonds is 6. The van der Waals surface area contributed by atoms with Crippen LogP contribution in [-0.4, -0.2) is 11.8 Å². The summed E-state index contributed by atoms with van der Waals surface area (Å²) in [6, 6.07) is 24.0. The summed E-state index contributed by atoms with van der Waals surface area (Å²) in [4.78, 5) is 25.9. The molecular formula is C27H20Br2N2O2. The Morgan fingerprint density at radius 1 is 0.758 bits per heavy atom. The molecule has 0 fully saturated rings. The van der Waals surface area contributed by atoms with Gasteiger partial charge in [0.05, 0.1) is 11.7 Å². The zero-order valence-corrected chi connectivity index (χ0v) is 20.6. The maximum absolute atomic E-state index is 13.4. The van der Waals surface area contributed by atoms with E-state index >= 15 is 0 Å². The van der Waals surface area contributed by atoms with Crippen LogP contribution in [0.15, 0.2) is 111 Å². The third-order valence-corrected chi connectivity index (χ3v) is 6.17. The number of benzene rings is 3. The van der Waals surface area contributed by atoms with Crippen LogP contribution in [0.2, 0.25) is 0 Å². The number of hydrogen-bond acceptors (Lipinski definition) is 2. The van der Waals surface area contributed by atoms with Crippen molar-refractivity contribution in [2.24, 2.45) is 0 Å². The predicted octanol–water partition coefficient (Wildman–Crippen LogP) is 6.82. The van der Waals surface area contributed by atoms with Gasteiger partial charge < -0.3 is 10.6 Å². The Bertz CT molecular complexity index is 1250. The maximum Gasteiger partial charge on any atom is 0.320 e. The lowest BCUT2D eigenvalue weighted by Gasteiger charge is -2.28. The zero-order valence-electron chi connectivity index (χ0n) is 17.5. The fraction of sp³-hybridized carbons (Fsp3) is 0.0370. The lowest BCUT2D eigenvalue weighted by atomic mass is 9.91. The molecule has 0 unspecified atom stereocenters. The molecule has 4 nitrogen and oxygen atoms in total. The molecule has 3 aromatic rings. The summed E-state index contributed by atoms with van der Waals surface area (Å²) in [5, 5.41) is 5.70. The zero-order chi connectivity index (χ0) is 23.2. The molecule has 3 aromatic carbocycles. The molecule has 164 valence electrons. The number of allylic oxidation sites excluding steroid dienone is 2. The van der Waals surface area contributed by atoms with Crippen molar-refractivity contribution in [2.75, 3.05) is 0 Å². The topological polar surface area (TPSA) is 58.2 Å². The second-order valence-electron chi connectivity index (χ2n) is 7.40. The highest BCUT2D eigenvalue weighted by Crippen LogP contribution is 2.29. The first-order valence-corrected chi connectivity index (χ1v) is 11.9. The minimum Gasteiger partial charge on any atom is -0.327 e. The van der Waals surface area contributed by atoms with Crippen molar-refractivity contribution in [3.8, 4) is 0 Å². The van der Waals surface area contributed by atoms with E-state index in [4.69, 9.17) is 0 Å². The Morgan fingerprint density at radius 3 is 1.94 bits per heavy atom. The predicted molar refractivity (Wildman–Crippen MR) is 139 cm³/mol. The molecule has 4 rings (SSSR count). The Hall–Kier alpha value is -3.22. The molecule has 1 aliphatic rings. The van der Waals surface area contributed by atoms with Gasteiger partial charge in [0, 0.05) is 14.5 Å². The van der Waals surface area contributed by atoms with Gasteiger partial charge in [-0.25, -0.2) is 4.79 Å². The average molecular weight is 564 g/mol. The van der Waals surface area contributed by atoms with E-state index in [1.54, 1.807) is 18.2 Å². The molecule has 0 radical (unpaired) electrons. The second-order valence-corrected chi connectivity index (χ2v) is 9.23. The largest absolute Gasteiger partial charge is 0.327 e. The Morgan fingerprint density at radius 2 is 1.33 bits per heavy atom. The normalized spacial score (nSPS) is 16.2. The van der Waals surface area contributed by atoms with Crippen LogP contribution in [-0.2, 0) is 4.79 Å². The molecule has 0 saturated carbocycles. The summed E-state index contributed by atoms with van der Waals surface area (Å²) < 4.78 is 1.95.